The second-order valence-corrected chi connectivity index (χ2v) is 5.31. The normalized spacial score (nSPS) is 14.8. The van der Waals surface area contributed by atoms with E-state index < -0.39 is 15.3 Å². The Bertz CT molecular complexity index is 227. The third-order valence-electron chi connectivity index (χ3n) is 1.81. The molecule has 0 aliphatic rings. The third-order valence-corrected chi connectivity index (χ3v) is 4.03. The van der Waals surface area contributed by atoms with Gasteiger partial charge in [-0.1, -0.05) is 0 Å². The van der Waals surface area contributed by atoms with E-state index in [1.165, 1.54) is 25.4 Å². The number of hydrogen-bond acceptors (Lipinski definition) is 4. The van der Waals surface area contributed by atoms with Crippen LogP contribution in [0.3, 0.4) is 0 Å². The molecule has 1 atom stereocenters. The van der Waals surface area contributed by atoms with E-state index >= 15 is 0 Å². The molecule has 0 saturated carbocycles. The minimum Gasteiger partial charge on any atom is -0.395 e. The Morgan fingerprint density at radius 1 is 1.54 bits per heavy atom. The van der Waals surface area contributed by atoms with Crippen LogP contribution in [0.1, 0.15) is 6.92 Å². The number of aliphatic hydroxyl groups excluding tert-OH is 1. The van der Waals surface area contributed by atoms with E-state index in [0.717, 1.165) is 0 Å². The van der Waals surface area contributed by atoms with Gasteiger partial charge in [-0.25, -0.2) is 12.7 Å². The fourth-order valence-electron chi connectivity index (χ4n) is 0.748. The first-order chi connectivity index (χ1) is 5.96. The molecule has 0 radical (unpaired) electrons. The largest absolute Gasteiger partial charge is 0.395 e. The summed E-state index contributed by atoms with van der Waals surface area (Å²) >= 11 is 0. The molecule has 0 heterocycles. The lowest BCUT2D eigenvalue weighted by Crippen LogP contribution is -2.38. The lowest BCUT2D eigenvalue weighted by molar-refractivity contribution is 0.184. The molecule has 0 aromatic rings. The monoisotopic (exact) mass is 211 g/mol. The maximum Gasteiger partial charge on any atom is 0.218 e. The standard InChI is InChI=1S/C7H17NO4S/c1-7(6-9)13(10,11)8(2)4-5-12-3/h7,9H,4-6H2,1-3H3. The molecule has 1 N–H and O–H groups in total. The molecule has 13 heavy (non-hydrogen) atoms. The molecule has 1 unspecified atom stereocenters. The van der Waals surface area contributed by atoms with E-state index in [4.69, 9.17) is 9.84 Å². The first-order valence-electron chi connectivity index (χ1n) is 4.01. The van der Waals surface area contributed by atoms with Crippen molar-refractivity contribution in [2.24, 2.45) is 0 Å². The number of sulfonamides is 1. The van der Waals surface area contributed by atoms with Crippen LogP contribution in [0.25, 0.3) is 0 Å². The van der Waals surface area contributed by atoms with E-state index in [9.17, 15) is 8.42 Å². The zero-order valence-corrected chi connectivity index (χ0v) is 9.04. The third kappa shape index (κ3) is 3.60. The molecule has 0 aromatic carbocycles. The summed E-state index contributed by atoms with van der Waals surface area (Å²) in [7, 11) is -0.375. The Labute approximate surface area is 79.4 Å². The van der Waals surface area contributed by atoms with Gasteiger partial charge in [0.05, 0.1) is 18.5 Å². The minimum absolute atomic E-state index is 0.309. The predicted octanol–water partition coefficient (Wildman–Crippen LogP) is -0.725. The van der Waals surface area contributed by atoms with E-state index in [-0.39, 0.29) is 6.61 Å². The van der Waals surface area contributed by atoms with Gasteiger partial charge in [-0.05, 0) is 6.92 Å². The molecule has 0 aliphatic carbocycles. The summed E-state index contributed by atoms with van der Waals surface area (Å²) in [6, 6.07) is 0. The fourth-order valence-corrected chi connectivity index (χ4v) is 1.88. The van der Waals surface area contributed by atoms with Gasteiger partial charge in [0, 0.05) is 20.7 Å². The molecule has 0 aromatic heterocycles. The van der Waals surface area contributed by atoms with Crippen molar-refractivity contribution in [3.8, 4) is 0 Å². The topological polar surface area (TPSA) is 66.8 Å². The highest BCUT2D eigenvalue weighted by molar-refractivity contribution is 7.89. The maximum absolute atomic E-state index is 11.5. The summed E-state index contributed by atoms with van der Waals surface area (Å²) in [5.41, 5.74) is 0. The van der Waals surface area contributed by atoms with Gasteiger partial charge in [-0.2, -0.15) is 0 Å². The van der Waals surface area contributed by atoms with Crippen molar-refractivity contribution in [2.45, 2.75) is 12.2 Å². The van der Waals surface area contributed by atoms with Gasteiger partial charge in [-0.3, -0.25) is 0 Å². The number of nitrogens with zero attached hydrogens (tertiary/aromatic N) is 1. The van der Waals surface area contributed by atoms with Crippen molar-refractivity contribution >= 4 is 10.0 Å². The average Bonchev–Trinajstić information content (AvgIpc) is 2.12. The second kappa shape index (κ2) is 5.54. The van der Waals surface area contributed by atoms with Gasteiger partial charge in [0.1, 0.15) is 0 Å². The first-order valence-corrected chi connectivity index (χ1v) is 5.52. The Morgan fingerprint density at radius 3 is 2.46 bits per heavy atom. The number of methoxy groups -OCH3 is 1. The molecule has 0 rings (SSSR count). The van der Waals surface area contributed by atoms with Gasteiger partial charge in [-0.15, -0.1) is 0 Å². The van der Waals surface area contributed by atoms with Gasteiger partial charge in [0.25, 0.3) is 0 Å². The van der Waals surface area contributed by atoms with E-state index in [2.05, 4.69) is 0 Å². The summed E-state index contributed by atoms with van der Waals surface area (Å²) < 4.78 is 28.9. The number of likely N-dealkylation sites (N-methyl/N-ethyl adjacent to an activating group) is 1. The maximum atomic E-state index is 11.5. The molecule has 0 aliphatic heterocycles. The lowest BCUT2D eigenvalue weighted by Gasteiger charge is -2.20. The van der Waals surface area contributed by atoms with Gasteiger partial charge in [0.2, 0.25) is 10.0 Å². The Morgan fingerprint density at radius 2 is 2.08 bits per heavy atom. The zero-order valence-electron chi connectivity index (χ0n) is 8.23. The molecular formula is C7H17NO4S. The molecule has 80 valence electrons. The van der Waals surface area contributed by atoms with E-state index in [1.807, 2.05) is 0 Å². The molecule has 0 bridgehead atoms. The number of ether oxygens (including phenoxy) is 1. The van der Waals surface area contributed by atoms with Crippen LogP contribution in [0.4, 0.5) is 0 Å². The van der Waals surface area contributed by atoms with Crippen LogP contribution >= 0.6 is 0 Å². The Balaban J connectivity index is 4.28. The van der Waals surface area contributed by atoms with E-state index in [0.29, 0.717) is 13.2 Å². The van der Waals surface area contributed by atoms with Crippen molar-refractivity contribution < 1.29 is 18.3 Å². The van der Waals surface area contributed by atoms with Crippen LogP contribution in [-0.4, -0.2) is 57.0 Å². The van der Waals surface area contributed by atoms with Crippen molar-refractivity contribution in [2.75, 3.05) is 33.9 Å². The summed E-state index contributed by atoms with van der Waals surface area (Å²) in [5.74, 6) is 0. The summed E-state index contributed by atoms with van der Waals surface area (Å²) in [6.45, 7) is 1.77. The smallest absolute Gasteiger partial charge is 0.218 e. The number of hydrogen-bond donors (Lipinski definition) is 1. The second-order valence-electron chi connectivity index (χ2n) is 2.85. The van der Waals surface area contributed by atoms with Gasteiger partial charge in [0.15, 0.2) is 0 Å². The van der Waals surface area contributed by atoms with E-state index in [1.54, 1.807) is 0 Å². The Hall–Kier alpha value is -0.170. The van der Waals surface area contributed by atoms with Gasteiger partial charge < -0.3 is 9.84 Å². The van der Waals surface area contributed by atoms with Crippen LogP contribution < -0.4 is 0 Å². The van der Waals surface area contributed by atoms with Crippen molar-refractivity contribution in [3.63, 3.8) is 0 Å². The molecule has 0 spiro atoms. The zero-order chi connectivity index (χ0) is 10.5. The highest BCUT2D eigenvalue weighted by Crippen LogP contribution is 2.05. The first kappa shape index (κ1) is 12.8. The molecule has 0 fully saturated rings. The van der Waals surface area contributed by atoms with Crippen molar-refractivity contribution in [1.82, 2.24) is 4.31 Å². The van der Waals surface area contributed by atoms with Crippen LogP contribution in [0, 0.1) is 0 Å². The quantitative estimate of drug-likeness (QED) is 0.629. The Kier molecular flexibility index (Phi) is 5.46. The van der Waals surface area contributed by atoms with Crippen LogP contribution in [0.2, 0.25) is 0 Å². The number of aliphatic hydroxyl groups is 1. The molecular weight excluding hydrogens is 194 g/mol. The SMILES string of the molecule is COCCN(C)S(=O)(=O)C(C)CO. The summed E-state index contributed by atoms with van der Waals surface area (Å²) in [5, 5.41) is 7.95. The lowest BCUT2D eigenvalue weighted by atomic mass is 10.5. The average molecular weight is 211 g/mol. The molecule has 5 nitrogen and oxygen atoms in total. The molecule has 6 heteroatoms. The highest BCUT2D eigenvalue weighted by Gasteiger charge is 2.24. The van der Waals surface area contributed by atoms with Gasteiger partial charge >= 0.3 is 0 Å². The molecule has 0 saturated heterocycles. The highest BCUT2D eigenvalue weighted by atomic mass is 32.2. The summed E-state index contributed by atoms with van der Waals surface area (Å²) in [6.07, 6.45) is 0. The van der Waals surface area contributed by atoms with Crippen molar-refractivity contribution in [3.05, 3.63) is 0 Å². The fraction of sp³-hybridized carbons (Fsp3) is 1.00. The summed E-state index contributed by atoms with van der Waals surface area (Å²) in [4.78, 5) is 0. The van der Waals surface area contributed by atoms with Crippen molar-refractivity contribution in [1.29, 1.82) is 0 Å². The molecule has 0 amide bonds. The van der Waals surface area contributed by atoms with Crippen LogP contribution in [-0.2, 0) is 14.8 Å². The van der Waals surface area contributed by atoms with Crippen LogP contribution in [0.5, 0.6) is 0 Å². The minimum atomic E-state index is -3.36. The number of rotatable bonds is 6. The van der Waals surface area contributed by atoms with Crippen LogP contribution in [0.15, 0.2) is 0 Å². The predicted molar refractivity (Wildman–Crippen MR) is 50.0 cm³/mol.